The molecule has 0 aliphatic carbocycles. The molecule has 0 N–H and O–H groups in total. The first kappa shape index (κ1) is 8.97. The molecule has 2 aromatic heterocycles. The van der Waals surface area contributed by atoms with Crippen LogP contribution in [-0.4, -0.2) is 5.78 Å². The standard InChI is InChI=1S/C13H8O3/c14-13(12-6-3-7-15-12)10-8-16-11-5-2-1-4-9(10)11/h1-8H. The van der Waals surface area contributed by atoms with Gasteiger partial charge in [0.2, 0.25) is 5.78 Å². The van der Waals surface area contributed by atoms with Gasteiger partial charge in [0.25, 0.3) is 0 Å². The van der Waals surface area contributed by atoms with E-state index < -0.39 is 0 Å². The van der Waals surface area contributed by atoms with E-state index in [1.165, 1.54) is 12.5 Å². The van der Waals surface area contributed by atoms with E-state index in [2.05, 4.69) is 0 Å². The summed E-state index contributed by atoms with van der Waals surface area (Å²) in [4.78, 5) is 12.0. The molecule has 0 spiro atoms. The number of carbonyl (C=O) groups is 1. The number of fused-ring (bicyclic) bond motifs is 1. The molecule has 1 aromatic carbocycles. The van der Waals surface area contributed by atoms with E-state index in [1.807, 2.05) is 24.3 Å². The van der Waals surface area contributed by atoms with Gasteiger partial charge in [0.1, 0.15) is 11.8 Å². The van der Waals surface area contributed by atoms with Gasteiger partial charge in [-0.05, 0) is 18.2 Å². The van der Waals surface area contributed by atoms with Crippen LogP contribution in [0.15, 0.2) is 57.8 Å². The number of carbonyl (C=O) groups excluding carboxylic acids is 1. The van der Waals surface area contributed by atoms with Crippen molar-refractivity contribution in [1.29, 1.82) is 0 Å². The second-order valence-corrected chi connectivity index (χ2v) is 3.45. The summed E-state index contributed by atoms with van der Waals surface area (Å²) in [5, 5.41) is 0.809. The van der Waals surface area contributed by atoms with E-state index in [0.717, 1.165) is 5.39 Å². The summed E-state index contributed by atoms with van der Waals surface area (Å²) < 4.78 is 10.4. The molecule has 78 valence electrons. The molecular formula is C13H8O3. The molecule has 3 rings (SSSR count). The van der Waals surface area contributed by atoms with Gasteiger partial charge in [-0.2, -0.15) is 0 Å². The van der Waals surface area contributed by atoms with Crippen LogP contribution in [-0.2, 0) is 0 Å². The molecule has 3 heteroatoms. The van der Waals surface area contributed by atoms with Gasteiger partial charge in [0.15, 0.2) is 5.76 Å². The third-order valence-corrected chi connectivity index (χ3v) is 2.47. The Morgan fingerprint density at radius 1 is 1.00 bits per heavy atom. The molecule has 0 radical (unpaired) electrons. The summed E-state index contributed by atoms with van der Waals surface area (Å²) in [5.74, 6) is 0.168. The molecule has 0 unspecified atom stereocenters. The quantitative estimate of drug-likeness (QED) is 0.612. The van der Waals surface area contributed by atoms with Gasteiger partial charge < -0.3 is 8.83 Å². The molecule has 0 bridgehead atoms. The fourth-order valence-electron chi connectivity index (χ4n) is 1.69. The predicted octanol–water partition coefficient (Wildman–Crippen LogP) is 3.26. The summed E-state index contributed by atoms with van der Waals surface area (Å²) in [6.07, 6.45) is 2.95. The molecule has 0 fully saturated rings. The van der Waals surface area contributed by atoms with Crippen LogP contribution in [0, 0.1) is 0 Å². The minimum absolute atomic E-state index is 0.157. The lowest BCUT2D eigenvalue weighted by Crippen LogP contribution is -1.97. The Balaban J connectivity index is 2.16. The second kappa shape index (κ2) is 3.38. The molecule has 0 amide bonds. The van der Waals surface area contributed by atoms with Crippen molar-refractivity contribution >= 4 is 16.8 Å². The van der Waals surface area contributed by atoms with Gasteiger partial charge in [0, 0.05) is 5.39 Å². The lowest BCUT2D eigenvalue weighted by Gasteiger charge is -1.93. The average Bonchev–Trinajstić information content (AvgIpc) is 2.98. The van der Waals surface area contributed by atoms with Crippen molar-refractivity contribution in [3.8, 4) is 0 Å². The molecule has 16 heavy (non-hydrogen) atoms. The van der Waals surface area contributed by atoms with Crippen LogP contribution >= 0.6 is 0 Å². The van der Waals surface area contributed by atoms with Gasteiger partial charge in [-0.1, -0.05) is 18.2 Å². The molecule has 0 atom stereocenters. The van der Waals surface area contributed by atoms with Crippen molar-refractivity contribution in [2.45, 2.75) is 0 Å². The van der Waals surface area contributed by atoms with Gasteiger partial charge in [0.05, 0.1) is 11.8 Å². The van der Waals surface area contributed by atoms with E-state index in [-0.39, 0.29) is 5.78 Å². The lowest BCUT2D eigenvalue weighted by atomic mass is 10.1. The molecule has 0 aliphatic rings. The number of para-hydroxylation sites is 1. The van der Waals surface area contributed by atoms with E-state index >= 15 is 0 Å². The molecule has 2 heterocycles. The van der Waals surface area contributed by atoms with Crippen LogP contribution in [0.4, 0.5) is 0 Å². The van der Waals surface area contributed by atoms with Crippen molar-refractivity contribution in [3.63, 3.8) is 0 Å². The first-order valence-corrected chi connectivity index (χ1v) is 4.91. The first-order chi connectivity index (χ1) is 7.86. The van der Waals surface area contributed by atoms with Crippen LogP contribution in [0.5, 0.6) is 0 Å². The Morgan fingerprint density at radius 2 is 1.88 bits per heavy atom. The Hall–Kier alpha value is -2.29. The number of hydrogen-bond acceptors (Lipinski definition) is 3. The van der Waals surface area contributed by atoms with Gasteiger partial charge >= 0.3 is 0 Å². The molecule has 0 saturated heterocycles. The zero-order valence-corrected chi connectivity index (χ0v) is 8.34. The molecule has 3 aromatic rings. The third-order valence-electron chi connectivity index (χ3n) is 2.47. The molecular weight excluding hydrogens is 204 g/mol. The summed E-state index contributed by atoms with van der Waals surface area (Å²) in [5.41, 5.74) is 1.24. The summed E-state index contributed by atoms with van der Waals surface area (Å²) >= 11 is 0. The highest BCUT2D eigenvalue weighted by molar-refractivity contribution is 6.14. The van der Waals surface area contributed by atoms with Crippen LogP contribution < -0.4 is 0 Å². The van der Waals surface area contributed by atoms with E-state index in [9.17, 15) is 4.79 Å². The molecule has 0 aliphatic heterocycles. The Labute approximate surface area is 91.3 Å². The van der Waals surface area contributed by atoms with Crippen LogP contribution in [0.3, 0.4) is 0 Å². The summed E-state index contributed by atoms with van der Waals surface area (Å²) in [6, 6.07) is 10.8. The fourth-order valence-corrected chi connectivity index (χ4v) is 1.69. The Kier molecular flexibility index (Phi) is 1.90. The predicted molar refractivity (Wildman–Crippen MR) is 58.4 cm³/mol. The largest absolute Gasteiger partial charge is 0.464 e. The lowest BCUT2D eigenvalue weighted by molar-refractivity contribution is 0.101. The zero-order chi connectivity index (χ0) is 11.0. The maximum atomic E-state index is 12.0. The third kappa shape index (κ3) is 1.26. The highest BCUT2D eigenvalue weighted by atomic mass is 16.3. The van der Waals surface area contributed by atoms with Crippen molar-refractivity contribution in [2.75, 3.05) is 0 Å². The van der Waals surface area contributed by atoms with Gasteiger partial charge in [-0.25, -0.2) is 0 Å². The van der Waals surface area contributed by atoms with E-state index in [0.29, 0.717) is 16.9 Å². The van der Waals surface area contributed by atoms with Crippen LogP contribution in [0.25, 0.3) is 11.0 Å². The topological polar surface area (TPSA) is 43.4 Å². The fraction of sp³-hybridized carbons (Fsp3) is 0. The molecule has 0 saturated carbocycles. The van der Waals surface area contributed by atoms with Crippen LogP contribution in [0.1, 0.15) is 16.1 Å². The highest BCUT2D eigenvalue weighted by Crippen LogP contribution is 2.23. The number of benzene rings is 1. The SMILES string of the molecule is O=C(c1ccco1)c1coc2ccccc12. The number of furan rings is 2. The summed E-state index contributed by atoms with van der Waals surface area (Å²) in [7, 11) is 0. The zero-order valence-electron chi connectivity index (χ0n) is 8.34. The first-order valence-electron chi connectivity index (χ1n) is 4.91. The maximum Gasteiger partial charge on any atom is 0.232 e. The monoisotopic (exact) mass is 212 g/mol. The normalized spacial score (nSPS) is 10.8. The highest BCUT2D eigenvalue weighted by Gasteiger charge is 2.17. The Bertz CT molecular complexity index is 632. The van der Waals surface area contributed by atoms with Gasteiger partial charge in [-0.3, -0.25) is 4.79 Å². The van der Waals surface area contributed by atoms with Crippen molar-refractivity contribution in [1.82, 2.24) is 0 Å². The number of hydrogen-bond donors (Lipinski definition) is 0. The average molecular weight is 212 g/mol. The van der Waals surface area contributed by atoms with E-state index in [4.69, 9.17) is 8.83 Å². The Morgan fingerprint density at radius 3 is 2.69 bits per heavy atom. The van der Waals surface area contributed by atoms with Crippen LogP contribution in [0.2, 0.25) is 0 Å². The minimum Gasteiger partial charge on any atom is -0.464 e. The number of rotatable bonds is 2. The van der Waals surface area contributed by atoms with Crippen molar-refractivity contribution in [2.24, 2.45) is 0 Å². The maximum absolute atomic E-state index is 12.0. The van der Waals surface area contributed by atoms with E-state index in [1.54, 1.807) is 12.1 Å². The summed E-state index contributed by atoms with van der Waals surface area (Å²) in [6.45, 7) is 0. The minimum atomic E-state index is -0.157. The van der Waals surface area contributed by atoms with Crippen molar-refractivity contribution in [3.05, 3.63) is 60.2 Å². The van der Waals surface area contributed by atoms with Crippen molar-refractivity contribution < 1.29 is 13.6 Å². The van der Waals surface area contributed by atoms with Gasteiger partial charge in [-0.15, -0.1) is 0 Å². The second-order valence-electron chi connectivity index (χ2n) is 3.45. The molecule has 3 nitrogen and oxygen atoms in total. The smallest absolute Gasteiger partial charge is 0.232 e. The number of ketones is 1.